The largest absolute Gasteiger partial charge is 0.367 e. The number of H-pyrrole nitrogens is 1. The first-order chi connectivity index (χ1) is 12.1. The minimum Gasteiger partial charge on any atom is -0.367 e. The summed E-state index contributed by atoms with van der Waals surface area (Å²) in [6, 6.07) is 6.25. The van der Waals surface area contributed by atoms with Gasteiger partial charge in [0, 0.05) is 37.3 Å². The molecule has 25 heavy (non-hydrogen) atoms. The highest BCUT2D eigenvalue weighted by Gasteiger charge is 2.32. The number of carbonyl (C=O) groups excluding carboxylic acids is 1. The van der Waals surface area contributed by atoms with E-state index in [1.54, 1.807) is 17.0 Å². The Labute approximate surface area is 145 Å². The van der Waals surface area contributed by atoms with E-state index in [0.29, 0.717) is 25.3 Å². The third-order valence-corrected chi connectivity index (χ3v) is 4.80. The predicted octanol–water partition coefficient (Wildman–Crippen LogP) is 1.80. The molecule has 2 unspecified atom stereocenters. The Kier molecular flexibility index (Phi) is 4.27. The number of benzene rings is 1. The van der Waals surface area contributed by atoms with E-state index in [-0.39, 0.29) is 23.9 Å². The number of aromatic nitrogens is 2. The van der Waals surface area contributed by atoms with Crippen molar-refractivity contribution >= 4 is 5.91 Å². The van der Waals surface area contributed by atoms with Gasteiger partial charge in [0.2, 0.25) is 0 Å². The van der Waals surface area contributed by atoms with E-state index in [4.69, 9.17) is 4.74 Å². The number of halogens is 1. The lowest BCUT2D eigenvalue weighted by molar-refractivity contribution is -0.0693. The smallest absolute Gasteiger partial charge is 0.274 e. The van der Waals surface area contributed by atoms with Gasteiger partial charge in [-0.2, -0.15) is 5.10 Å². The Morgan fingerprint density at radius 2 is 2.12 bits per heavy atom. The van der Waals surface area contributed by atoms with Gasteiger partial charge in [-0.3, -0.25) is 9.89 Å². The van der Waals surface area contributed by atoms with Gasteiger partial charge in [0.1, 0.15) is 11.9 Å². The number of hydrogen-bond donors (Lipinski definition) is 2. The summed E-state index contributed by atoms with van der Waals surface area (Å²) in [6.45, 7) is 4.45. The Hall–Kier alpha value is -2.25. The Balaban J connectivity index is 1.56. The van der Waals surface area contributed by atoms with Gasteiger partial charge in [0.25, 0.3) is 5.91 Å². The zero-order valence-corrected chi connectivity index (χ0v) is 14.1. The minimum atomic E-state index is -0.281. The number of hydrogen-bond acceptors (Lipinski definition) is 4. The fraction of sp³-hybridized carbons (Fsp3) is 0.444. The predicted molar refractivity (Wildman–Crippen MR) is 89.6 cm³/mol. The van der Waals surface area contributed by atoms with Gasteiger partial charge in [-0.05, 0) is 24.6 Å². The molecule has 1 amide bonds. The highest BCUT2D eigenvalue weighted by Crippen LogP contribution is 2.27. The molecule has 1 saturated heterocycles. The maximum Gasteiger partial charge on any atom is 0.274 e. The normalized spacial score (nSPS) is 23.4. The molecule has 0 radical (unpaired) electrons. The summed E-state index contributed by atoms with van der Waals surface area (Å²) in [5.74, 6) is -0.361. The van der Waals surface area contributed by atoms with Gasteiger partial charge >= 0.3 is 0 Å². The molecule has 0 saturated carbocycles. The number of aromatic amines is 1. The molecular formula is C18H21FN4O2. The maximum absolute atomic E-state index is 13.2. The fourth-order valence-corrected chi connectivity index (χ4v) is 3.53. The van der Waals surface area contributed by atoms with Crippen molar-refractivity contribution in [2.45, 2.75) is 32.1 Å². The summed E-state index contributed by atoms with van der Waals surface area (Å²) in [7, 11) is 0. The van der Waals surface area contributed by atoms with E-state index in [2.05, 4.69) is 15.5 Å². The van der Waals surface area contributed by atoms with Crippen LogP contribution in [0.15, 0.2) is 24.3 Å². The van der Waals surface area contributed by atoms with Crippen LogP contribution in [0.5, 0.6) is 0 Å². The van der Waals surface area contributed by atoms with Crippen molar-refractivity contribution in [2.24, 2.45) is 0 Å². The zero-order valence-electron chi connectivity index (χ0n) is 14.1. The van der Waals surface area contributed by atoms with Crippen molar-refractivity contribution in [3.05, 3.63) is 52.6 Å². The zero-order chi connectivity index (χ0) is 17.4. The summed E-state index contributed by atoms with van der Waals surface area (Å²) in [5.41, 5.74) is 3.37. The van der Waals surface area contributed by atoms with Crippen LogP contribution in [0.2, 0.25) is 0 Å². The second-order valence-corrected chi connectivity index (χ2v) is 6.65. The molecule has 3 heterocycles. The summed E-state index contributed by atoms with van der Waals surface area (Å²) in [5, 5.41) is 10.5. The number of ether oxygens (including phenoxy) is 1. The molecule has 6 nitrogen and oxygen atoms in total. The van der Waals surface area contributed by atoms with E-state index in [9.17, 15) is 9.18 Å². The van der Waals surface area contributed by atoms with Crippen LogP contribution in [0.25, 0.3) is 0 Å². The number of carbonyl (C=O) groups is 1. The molecule has 0 bridgehead atoms. The van der Waals surface area contributed by atoms with Crippen LogP contribution in [0, 0.1) is 5.82 Å². The van der Waals surface area contributed by atoms with E-state index < -0.39 is 0 Å². The molecule has 2 N–H and O–H groups in total. The standard InChI is InChI=1S/C18H21FN4O2/c1-11-9-23(10-16(25-11)12-2-4-13(19)5-3-12)18(24)17-14-8-20-7-6-15(14)21-22-17/h2-5,11,16,20H,6-10H2,1H3,(H,21,22). The van der Waals surface area contributed by atoms with Crippen LogP contribution >= 0.6 is 0 Å². The Morgan fingerprint density at radius 3 is 2.92 bits per heavy atom. The number of nitrogens with zero attached hydrogens (tertiary/aromatic N) is 2. The molecule has 0 aliphatic carbocycles. The van der Waals surface area contributed by atoms with Gasteiger partial charge in [-0.25, -0.2) is 4.39 Å². The molecule has 2 atom stereocenters. The number of rotatable bonds is 2. The van der Waals surface area contributed by atoms with Crippen molar-refractivity contribution in [1.82, 2.24) is 20.4 Å². The summed E-state index contributed by atoms with van der Waals surface area (Å²) < 4.78 is 19.1. The minimum absolute atomic E-state index is 0.0801. The van der Waals surface area contributed by atoms with Crippen LogP contribution in [-0.2, 0) is 17.7 Å². The molecule has 4 rings (SSSR count). The molecule has 1 fully saturated rings. The second-order valence-electron chi connectivity index (χ2n) is 6.65. The quantitative estimate of drug-likeness (QED) is 0.872. The summed E-state index contributed by atoms with van der Waals surface area (Å²) in [6.07, 6.45) is 0.495. The molecular weight excluding hydrogens is 323 g/mol. The molecule has 0 spiro atoms. The van der Waals surface area contributed by atoms with E-state index in [0.717, 1.165) is 29.8 Å². The first kappa shape index (κ1) is 16.2. The molecule has 2 aliphatic heterocycles. The topological polar surface area (TPSA) is 70.2 Å². The Morgan fingerprint density at radius 1 is 1.32 bits per heavy atom. The van der Waals surface area contributed by atoms with Gasteiger partial charge in [0.05, 0.1) is 12.6 Å². The van der Waals surface area contributed by atoms with Gasteiger partial charge in [0.15, 0.2) is 5.69 Å². The monoisotopic (exact) mass is 344 g/mol. The van der Waals surface area contributed by atoms with Crippen LogP contribution < -0.4 is 5.32 Å². The highest BCUT2D eigenvalue weighted by atomic mass is 19.1. The lowest BCUT2D eigenvalue weighted by Crippen LogP contribution is -2.46. The third kappa shape index (κ3) is 3.17. The molecule has 1 aromatic carbocycles. The highest BCUT2D eigenvalue weighted by molar-refractivity contribution is 5.94. The van der Waals surface area contributed by atoms with Crippen molar-refractivity contribution in [3.63, 3.8) is 0 Å². The summed E-state index contributed by atoms with van der Waals surface area (Å²) >= 11 is 0. The lowest BCUT2D eigenvalue weighted by Gasteiger charge is -2.37. The van der Waals surface area contributed by atoms with Crippen LogP contribution in [0.3, 0.4) is 0 Å². The van der Waals surface area contributed by atoms with Crippen molar-refractivity contribution in [2.75, 3.05) is 19.6 Å². The fourth-order valence-electron chi connectivity index (χ4n) is 3.53. The first-order valence-corrected chi connectivity index (χ1v) is 8.59. The number of amides is 1. The van der Waals surface area contributed by atoms with E-state index >= 15 is 0 Å². The molecule has 2 aromatic rings. The van der Waals surface area contributed by atoms with Crippen LogP contribution in [0.1, 0.15) is 40.3 Å². The Bertz CT molecular complexity index is 774. The van der Waals surface area contributed by atoms with Gasteiger partial charge in [-0.15, -0.1) is 0 Å². The number of nitrogens with one attached hydrogen (secondary N) is 2. The molecule has 7 heteroatoms. The molecule has 132 valence electrons. The van der Waals surface area contributed by atoms with Crippen molar-refractivity contribution in [1.29, 1.82) is 0 Å². The number of morpholine rings is 1. The number of fused-ring (bicyclic) bond motifs is 1. The average molecular weight is 344 g/mol. The van der Waals surface area contributed by atoms with E-state index in [1.165, 1.54) is 12.1 Å². The lowest BCUT2D eigenvalue weighted by atomic mass is 10.0. The van der Waals surface area contributed by atoms with Crippen molar-refractivity contribution < 1.29 is 13.9 Å². The maximum atomic E-state index is 13.2. The SMILES string of the molecule is CC1CN(C(=O)c2n[nH]c3c2CNCC3)CC(c2ccc(F)cc2)O1. The average Bonchev–Trinajstić information content (AvgIpc) is 3.05. The van der Waals surface area contributed by atoms with Gasteiger partial charge < -0.3 is 15.0 Å². The van der Waals surface area contributed by atoms with Gasteiger partial charge in [-0.1, -0.05) is 12.1 Å². The summed E-state index contributed by atoms with van der Waals surface area (Å²) in [4.78, 5) is 14.8. The first-order valence-electron chi connectivity index (χ1n) is 8.59. The molecule has 2 aliphatic rings. The van der Waals surface area contributed by atoms with E-state index in [1.807, 2.05) is 6.92 Å². The van der Waals surface area contributed by atoms with Crippen molar-refractivity contribution in [3.8, 4) is 0 Å². The van der Waals surface area contributed by atoms with Crippen LogP contribution in [0.4, 0.5) is 4.39 Å². The second kappa shape index (κ2) is 6.57. The van der Waals surface area contributed by atoms with Crippen LogP contribution in [-0.4, -0.2) is 46.7 Å². The third-order valence-electron chi connectivity index (χ3n) is 4.80. The molecule has 1 aromatic heterocycles.